The highest BCUT2D eigenvalue weighted by molar-refractivity contribution is 5.95. The Labute approximate surface area is 163 Å². The van der Waals surface area contributed by atoms with Crippen molar-refractivity contribution in [3.63, 3.8) is 0 Å². The highest BCUT2D eigenvalue weighted by atomic mass is 19.2. The third-order valence-corrected chi connectivity index (χ3v) is 5.60. The molecule has 146 valence electrons. The normalized spacial score (nSPS) is 12.4. The summed E-state index contributed by atoms with van der Waals surface area (Å²) in [4.78, 5) is 0. The lowest BCUT2D eigenvalue weighted by atomic mass is 10.1. The Balaban J connectivity index is 1.64. The van der Waals surface area contributed by atoms with Crippen molar-refractivity contribution in [1.29, 1.82) is 0 Å². The number of aryl methyl sites for hydroxylation is 1. The number of nitrogens with zero attached hydrogens (tertiary/aromatic N) is 1. The van der Waals surface area contributed by atoms with Gasteiger partial charge in [-0.1, -0.05) is 42.5 Å². The predicted octanol–water partition coefficient (Wildman–Crippen LogP) is 6.15. The van der Waals surface area contributed by atoms with Gasteiger partial charge in [-0.25, -0.2) is 22.0 Å². The first-order chi connectivity index (χ1) is 14.0. The van der Waals surface area contributed by atoms with E-state index in [0.717, 1.165) is 39.7 Å². The number of hydrogen-bond donors (Lipinski definition) is 0. The van der Waals surface area contributed by atoms with Gasteiger partial charge in [-0.2, -0.15) is 0 Å². The number of rotatable bonds is 3. The van der Waals surface area contributed by atoms with Crippen LogP contribution in [-0.2, 0) is 19.4 Å². The van der Waals surface area contributed by atoms with E-state index in [4.69, 9.17) is 0 Å². The summed E-state index contributed by atoms with van der Waals surface area (Å²) in [6.07, 6.45) is 0.417. The Morgan fingerprint density at radius 1 is 0.724 bits per heavy atom. The highest BCUT2D eigenvalue weighted by Gasteiger charge is 2.28. The Morgan fingerprint density at radius 3 is 2.10 bits per heavy atom. The van der Waals surface area contributed by atoms with Gasteiger partial charge in [0.2, 0.25) is 5.82 Å². The summed E-state index contributed by atoms with van der Waals surface area (Å²) in [5.41, 5.74) is 4.30. The Kier molecular flexibility index (Phi) is 3.98. The van der Waals surface area contributed by atoms with Crippen LogP contribution in [-0.4, -0.2) is 4.57 Å². The molecule has 1 aromatic heterocycles. The molecule has 0 radical (unpaired) electrons. The van der Waals surface area contributed by atoms with Crippen LogP contribution in [0.3, 0.4) is 0 Å². The quantitative estimate of drug-likeness (QED) is 0.195. The zero-order valence-corrected chi connectivity index (χ0v) is 15.1. The van der Waals surface area contributed by atoms with Crippen LogP contribution in [0, 0.1) is 29.1 Å². The van der Waals surface area contributed by atoms with Crippen molar-refractivity contribution in [1.82, 2.24) is 4.57 Å². The average Bonchev–Trinajstić information content (AvgIpc) is 3.26. The maximum Gasteiger partial charge on any atom is 0.200 e. The largest absolute Gasteiger partial charge is 0.340 e. The molecule has 1 heterocycles. The molecule has 6 heteroatoms. The van der Waals surface area contributed by atoms with Crippen LogP contribution >= 0.6 is 0 Å². The summed E-state index contributed by atoms with van der Waals surface area (Å²) >= 11 is 0. The van der Waals surface area contributed by atoms with E-state index in [9.17, 15) is 22.0 Å². The number of aromatic nitrogens is 1. The number of hydrogen-bond acceptors (Lipinski definition) is 0. The molecule has 0 bridgehead atoms. The van der Waals surface area contributed by atoms with Gasteiger partial charge in [0.05, 0.1) is 5.69 Å². The lowest BCUT2D eigenvalue weighted by molar-refractivity contribution is 0.368. The van der Waals surface area contributed by atoms with Crippen molar-refractivity contribution >= 4 is 10.9 Å². The van der Waals surface area contributed by atoms with Crippen LogP contribution in [0.25, 0.3) is 22.2 Å². The predicted molar refractivity (Wildman–Crippen MR) is 100 cm³/mol. The summed E-state index contributed by atoms with van der Waals surface area (Å²) < 4.78 is 70.6. The van der Waals surface area contributed by atoms with Crippen molar-refractivity contribution in [2.45, 2.75) is 19.4 Å². The van der Waals surface area contributed by atoms with Gasteiger partial charge in [-0.15, -0.1) is 0 Å². The summed E-state index contributed by atoms with van der Waals surface area (Å²) in [6, 6.07) is 15.5. The average molecular weight is 399 g/mol. The second-order valence-electron chi connectivity index (χ2n) is 7.13. The van der Waals surface area contributed by atoms with E-state index in [2.05, 4.69) is 0 Å². The molecule has 0 spiro atoms. The lowest BCUT2D eigenvalue weighted by Crippen LogP contribution is -2.11. The highest BCUT2D eigenvalue weighted by Crippen LogP contribution is 2.42. The van der Waals surface area contributed by atoms with Gasteiger partial charge >= 0.3 is 0 Å². The zero-order valence-electron chi connectivity index (χ0n) is 15.1. The van der Waals surface area contributed by atoms with Gasteiger partial charge < -0.3 is 4.57 Å². The van der Waals surface area contributed by atoms with Gasteiger partial charge in [-0.05, 0) is 23.6 Å². The van der Waals surface area contributed by atoms with E-state index < -0.39 is 34.6 Å². The molecule has 29 heavy (non-hydrogen) atoms. The van der Waals surface area contributed by atoms with E-state index in [1.54, 1.807) is 0 Å². The Morgan fingerprint density at radius 2 is 1.34 bits per heavy atom. The molecule has 0 saturated carbocycles. The molecule has 3 aromatic carbocycles. The molecule has 4 aromatic rings. The minimum absolute atomic E-state index is 0.0858. The fraction of sp³-hybridized carbons (Fsp3) is 0.130. The van der Waals surface area contributed by atoms with Crippen LogP contribution in [0.2, 0.25) is 0 Å². The molecular formula is C23H14F5N. The molecule has 0 aliphatic heterocycles. The molecular weight excluding hydrogens is 385 g/mol. The molecule has 1 aliphatic carbocycles. The Hall–Kier alpha value is -3.15. The topological polar surface area (TPSA) is 4.93 Å². The molecule has 0 N–H and O–H groups in total. The molecule has 0 saturated heterocycles. The van der Waals surface area contributed by atoms with Crippen molar-refractivity contribution in [3.8, 4) is 11.3 Å². The summed E-state index contributed by atoms with van der Waals surface area (Å²) in [7, 11) is 0. The SMILES string of the molecule is Fc1c(F)c(F)c(CCn2c3c(c4ccccc42)Cc2ccccc2-3)c(F)c1F. The molecule has 0 fully saturated rings. The third-order valence-electron chi connectivity index (χ3n) is 5.60. The van der Waals surface area contributed by atoms with Gasteiger partial charge in [0.15, 0.2) is 23.3 Å². The first kappa shape index (κ1) is 17.9. The lowest BCUT2D eigenvalue weighted by Gasteiger charge is -2.13. The molecule has 1 aliphatic rings. The van der Waals surface area contributed by atoms with Crippen LogP contribution in [0.15, 0.2) is 48.5 Å². The van der Waals surface area contributed by atoms with E-state index in [1.165, 1.54) is 0 Å². The van der Waals surface area contributed by atoms with Crippen LogP contribution in [0.1, 0.15) is 16.7 Å². The van der Waals surface area contributed by atoms with E-state index in [0.29, 0.717) is 0 Å². The zero-order chi connectivity index (χ0) is 20.3. The van der Waals surface area contributed by atoms with E-state index >= 15 is 0 Å². The summed E-state index contributed by atoms with van der Waals surface area (Å²) in [5.74, 6) is -9.49. The van der Waals surface area contributed by atoms with Crippen molar-refractivity contribution in [2.75, 3.05) is 0 Å². The second-order valence-corrected chi connectivity index (χ2v) is 7.13. The second kappa shape index (κ2) is 6.44. The molecule has 5 rings (SSSR count). The van der Waals surface area contributed by atoms with E-state index in [-0.39, 0.29) is 13.0 Å². The minimum Gasteiger partial charge on any atom is -0.340 e. The first-order valence-corrected chi connectivity index (χ1v) is 9.17. The molecule has 0 unspecified atom stereocenters. The number of benzene rings is 3. The van der Waals surface area contributed by atoms with Crippen molar-refractivity contribution in [3.05, 3.63) is 94.3 Å². The number of halogens is 5. The number of fused-ring (bicyclic) bond motifs is 5. The van der Waals surface area contributed by atoms with Gasteiger partial charge in [-0.3, -0.25) is 0 Å². The molecule has 0 amide bonds. The smallest absolute Gasteiger partial charge is 0.200 e. The fourth-order valence-corrected chi connectivity index (χ4v) is 4.28. The standard InChI is InChI=1S/C23H14F5N/c24-18-15(19(25)21(27)22(28)20(18)26)9-10-29-17-8-4-3-7-14(17)16-11-12-5-1-2-6-13(12)23(16)29/h1-8H,9-11H2. The van der Waals surface area contributed by atoms with E-state index in [1.807, 2.05) is 53.1 Å². The minimum atomic E-state index is -2.13. The van der Waals surface area contributed by atoms with Gasteiger partial charge in [0.1, 0.15) is 0 Å². The Bertz CT molecular complexity index is 1260. The van der Waals surface area contributed by atoms with Gasteiger partial charge in [0.25, 0.3) is 0 Å². The summed E-state index contributed by atoms with van der Waals surface area (Å²) in [5, 5.41) is 1.02. The summed E-state index contributed by atoms with van der Waals surface area (Å²) in [6.45, 7) is 0.0858. The molecule has 0 atom stereocenters. The third kappa shape index (κ3) is 2.51. The van der Waals surface area contributed by atoms with Gasteiger partial charge in [0, 0.05) is 35.0 Å². The van der Waals surface area contributed by atoms with Crippen molar-refractivity contribution in [2.24, 2.45) is 0 Å². The van der Waals surface area contributed by atoms with Crippen LogP contribution < -0.4 is 0 Å². The fourth-order valence-electron chi connectivity index (χ4n) is 4.28. The maximum atomic E-state index is 14.1. The molecule has 1 nitrogen and oxygen atoms in total. The number of para-hydroxylation sites is 1. The maximum absolute atomic E-state index is 14.1. The van der Waals surface area contributed by atoms with Crippen molar-refractivity contribution < 1.29 is 22.0 Å². The first-order valence-electron chi connectivity index (χ1n) is 9.17. The monoisotopic (exact) mass is 399 g/mol. The van der Waals surface area contributed by atoms with Crippen LogP contribution in [0.4, 0.5) is 22.0 Å². The van der Waals surface area contributed by atoms with Crippen LogP contribution in [0.5, 0.6) is 0 Å².